The highest BCUT2D eigenvalue weighted by Gasteiger charge is 2.30. The first-order chi connectivity index (χ1) is 12.8. The van der Waals surface area contributed by atoms with Crippen LogP contribution in [0.5, 0.6) is 0 Å². The number of fused-ring (bicyclic) bond motifs is 1. The summed E-state index contributed by atoms with van der Waals surface area (Å²) in [6.45, 7) is 4.33. The molecule has 1 atom stereocenters. The van der Waals surface area contributed by atoms with Gasteiger partial charge < -0.3 is 14.6 Å². The summed E-state index contributed by atoms with van der Waals surface area (Å²) in [5.41, 5.74) is 1.98. The molecule has 0 spiro atoms. The Morgan fingerprint density at radius 2 is 2.15 bits per heavy atom. The molecular formula is C18H22N6O2. The van der Waals surface area contributed by atoms with Gasteiger partial charge in [0.25, 0.3) is 5.91 Å². The number of rotatable bonds is 5. The fourth-order valence-corrected chi connectivity index (χ4v) is 3.52. The van der Waals surface area contributed by atoms with Crippen molar-refractivity contribution in [3.8, 4) is 0 Å². The van der Waals surface area contributed by atoms with Crippen LogP contribution in [-0.4, -0.2) is 44.1 Å². The van der Waals surface area contributed by atoms with E-state index in [4.69, 9.17) is 4.74 Å². The van der Waals surface area contributed by atoms with Crippen LogP contribution in [0.4, 0.5) is 0 Å². The summed E-state index contributed by atoms with van der Waals surface area (Å²) in [5.74, 6) is 1.07. The van der Waals surface area contributed by atoms with Crippen molar-refractivity contribution in [2.24, 2.45) is 5.92 Å². The van der Waals surface area contributed by atoms with Crippen LogP contribution in [0.1, 0.15) is 42.0 Å². The minimum Gasteiger partial charge on any atom is -0.381 e. The van der Waals surface area contributed by atoms with Gasteiger partial charge in [-0.05, 0) is 43.9 Å². The van der Waals surface area contributed by atoms with Gasteiger partial charge in [0.05, 0.1) is 6.04 Å². The van der Waals surface area contributed by atoms with E-state index in [-0.39, 0.29) is 11.9 Å². The molecule has 1 amide bonds. The molecule has 1 aliphatic heterocycles. The number of imidazole rings is 1. The van der Waals surface area contributed by atoms with E-state index in [9.17, 15) is 4.79 Å². The minimum absolute atomic E-state index is 0.128. The van der Waals surface area contributed by atoms with Gasteiger partial charge >= 0.3 is 0 Å². The molecule has 0 saturated carbocycles. The van der Waals surface area contributed by atoms with E-state index in [1.807, 2.05) is 6.20 Å². The number of aryl methyl sites for hydroxylation is 1. The highest BCUT2D eigenvalue weighted by molar-refractivity contribution is 5.97. The molecule has 8 nitrogen and oxygen atoms in total. The highest BCUT2D eigenvalue weighted by Crippen LogP contribution is 2.30. The molecule has 26 heavy (non-hydrogen) atoms. The largest absolute Gasteiger partial charge is 0.381 e. The molecule has 2 aromatic heterocycles. The molecule has 1 aliphatic rings. The Kier molecular flexibility index (Phi) is 4.66. The Balaban J connectivity index is 1.61. The maximum absolute atomic E-state index is 12.9. The van der Waals surface area contributed by atoms with E-state index in [0.717, 1.165) is 43.9 Å². The average Bonchev–Trinajstić information content (AvgIpc) is 3.34. The summed E-state index contributed by atoms with van der Waals surface area (Å²) in [6, 6.07) is 5.17. The van der Waals surface area contributed by atoms with Crippen LogP contribution in [0.25, 0.3) is 11.0 Å². The molecule has 1 fully saturated rings. The maximum atomic E-state index is 12.9. The number of carbonyl (C=O) groups is 1. The van der Waals surface area contributed by atoms with Gasteiger partial charge in [-0.3, -0.25) is 4.79 Å². The predicted octanol–water partition coefficient (Wildman–Crippen LogP) is 2.07. The fraction of sp³-hybridized carbons (Fsp3) is 0.444. The topological polar surface area (TPSA) is 97.7 Å². The van der Waals surface area contributed by atoms with Crippen molar-refractivity contribution in [2.45, 2.75) is 32.4 Å². The highest BCUT2D eigenvalue weighted by atomic mass is 16.5. The van der Waals surface area contributed by atoms with Crippen molar-refractivity contribution in [1.29, 1.82) is 0 Å². The molecule has 3 heterocycles. The van der Waals surface area contributed by atoms with E-state index < -0.39 is 0 Å². The van der Waals surface area contributed by atoms with Crippen molar-refractivity contribution in [1.82, 2.24) is 30.3 Å². The molecule has 1 saturated heterocycles. The second-order valence-corrected chi connectivity index (χ2v) is 6.50. The first-order valence-corrected chi connectivity index (χ1v) is 8.96. The van der Waals surface area contributed by atoms with Crippen LogP contribution in [0, 0.1) is 5.92 Å². The van der Waals surface area contributed by atoms with E-state index in [1.54, 1.807) is 24.4 Å². The Bertz CT molecular complexity index is 896. The van der Waals surface area contributed by atoms with Crippen molar-refractivity contribution in [3.63, 3.8) is 0 Å². The van der Waals surface area contributed by atoms with Crippen molar-refractivity contribution in [3.05, 3.63) is 42.0 Å². The van der Waals surface area contributed by atoms with Gasteiger partial charge in [-0.25, -0.2) is 4.98 Å². The van der Waals surface area contributed by atoms with E-state index in [1.165, 1.54) is 0 Å². The lowest BCUT2D eigenvalue weighted by molar-refractivity contribution is 0.0498. The third-order valence-electron chi connectivity index (χ3n) is 4.97. The lowest BCUT2D eigenvalue weighted by Gasteiger charge is -2.31. The second-order valence-electron chi connectivity index (χ2n) is 6.50. The Hall–Kier alpha value is -2.74. The first kappa shape index (κ1) is 16.7. The Morgan fingerprint density at radius 3 is 2.96 bits per heavy atom. The van der Waals surface area contributed by atoms with Crippen molar-refractivity contribution in [2.75, 3.05) is 13.2 Å². The molecule has 0 radical (unpaired) electrons. The van der Waals surface area contributed by atoms with Crippen LogP contribution in [0.2, 0.25) is 0 Å². The molecule has 0 aliphatic carbocycles. The number of aromatic nitrogens is 5. The first-order valence-electron chi connectivity index (χ1n) is 8.96. The normalized spacial score (nSPS) is 16.7. The summed E-state index contributed by atoms with van der Waals surface area (Å²) in [5, 5.41) is 13.9. The van der Waals surface area contributed by atoms with Gasteiger partial charge in [0.15, 0.2) is 0 Å². The summed E-state index contributed by atoms with van der Waals surface area (Å²) in [4.78, 5) is 17.5. The summed E-state index contributed by atoms with van der Waals surface area (Å²) < 4.78 is 7.58. The summed E-state index contributed by atoms with van der Waals surface area (Å²) in [7, 11) is 0. The number of H-pyrrole nitrogens is 1. The average molecular weight is 354 g/mol. The monoisotopic (exact) mass is 354 g/mol. The zero-order valence-corrected chi connectivity index (χ0v) is 14.7. The quantitative estimate of drug-likeness (QED) is 0.731. The molecule has 136 valence electrons. The van der Waals surface area contributed by atoms with Crippen LogP contribution >= 0.6 is 0 Å². The molecule has 8 heteroatoms. The maximum Gasteiger partial charge on any atom is 0.251 e. The number of nitrogens with zero attached hydrogens (tertiary/aromatic N) is 4. The van der Waals surface area contributed by atoms with Crippen LogP contribution in [-0.2, 0) is 11.3 Å². The van der Waals surface area contributed by atoms with Crippen LogP contribution in [0.15, 0.2) is 30.6 Å². The fourth-order valence-electron chi connectivity index (χ4n) is 3.52. The number of amides is 1. The number of nitrogens with one attached hydrogen (secondary N) is 2. The molecule has 0 bridgehead atoms. The van der Waals surface area contributed by atoms with E-state index >= 15 is 0 Å². The molecule has 3 aromatic rings. The van der Waals surface area contributed by atoms with Gasteiger partial charge in [-0.15, -0.1) is 0 Å². The Morgan fingerprint density at radius 1 is 1.35 bits per heavy atom. The molecule has 4 rings (SSSR count). The van der Waals surface area contributed by atoms with Gasteiger partial charge in [-0.2, -0.15) is 15.4 Å². The Labute approximate surface area is 150 Å². The summed E-state index contributed by atoms with van der Waals surface area (Å²) in [6.07, 6.45) is 5.56. The van der Waals surface area contributed by atoms with E-state index in [0.29, 0.717) is 17.0 Å². The third kappa shape index (κ3) is 3.20. The van der Waals surface area contributed by atoms with Gasteiger partial charge in [-0.1, -0.05) is 0 Å². The van der Waals surface area contributed by atoms with Gasteiger partial charge in [0, 0.05) is 37.7 Å². The SMILES string of the molecule is CCn1ccnc1[C@@H](NC(=O)c1ccc2n[nH]nc2c1)C1CCOCC1. The minimum atomic E-state index is -0.144. The second kappa shape index (κ2) is 7.25. The van der Waals surface area contributed by atoms with Crippen LogP contribution in [0.3, 0.4) is 0 Å². The van der Waals surface area contributed by atoms with Gasteiger partial charge in [0.2, 0.25) is 0 Å². The van der Waals surface area contributed by atoms with Gasteiger partial charge in [0.1, 0.15) is 16.9 Å². The third-order valence-corrected chi connectivity index (χ3v) is 4.97. The van der Waals surface area contributed by atoms with Crippen LogP contribution < -0.4 is 5.32 Å². The number of aromatic amines is 1. The lowest BCUT2D eigenvalue weighted by Crippen LogP contribution is -2.37. The number of carbonyl (C=O) groups excluding carboxylic acids is 1. The lowest BCUT2D eigenvalue weighted by atomic mass is 9.90. The predicted molar refractivity (Wildman–Crippen MR) is 95.5 cm³/mol. The smallest absolute Gasteiger partial charge is 0.251 e. The number of ether oxygens (including phenoxy) is 1. The zero-order chi connectivity index (χ0) is 17.9. The van der Waals surface area contributed by atoms with Crippen molar-refractivity contribution < 1.29 is 9.53 Å². The standard InChI is InChI=1S/C18H22N6O2/c1-2-24-8-7-19-17(24)16(12-5-9-26-10-6-12)20-18(25)13-3-4-14-15(11-13)22-23-21-14/h3-4,7-8,11-12,16H,2,5-6,9-10H2,1H3,(H,20,25)(H,21,22,23)/t16-/m0/s1. The molecule has 0 unspecified atom stereocenters. The molecular weight excluding hydrogens is 332 g/mol. The number of benzene rings is 1. The van der Waals surface area contributed by atoms with Crippen molar-refractivity contribution >= 4 is 16.9 Å². The number of hydrogen-bond acceptors (Lipinski definition) is 5. The molecule has 2 N–H and O–H groups in total. The summed E-state index contributed by atoms with van der Waals surface area (Å²) >= 11 is 0. The molecule has 1 aromatic carbocycles. The zero-order valence-electron chi connectivity index (χ0n) is 14.7. The van der Waals surface area contributed by atoms with E-state index in [2.05, 4.69) is 37.2 Å². The number of hydrogen-bond donors (Lipinski definition) is 2.